The summed E-state index contributed by atoms with van der Waals surface area (Å²) >= 11 is 2.01. The Morgan fingerprint density at radius 3 is 2.89 bits per heavy atom. The Morgan fingerprint density at radius 1 is 1.42 bits per heavy atom. The summed E-state index contributed by atoms with van der Waals surface area (Å²) in [6.07, 6.45) is 1.48. The molecule has 0 aliphatic heterocycles. The van der Waals surface area contributed by atoms with E-state index in [2.05, 4.69) is 4.98 Å². The molecule has 0 bridgehead atoms. The second-order valence-electron chi connectivity index (χ2n) is 3.52. The lowest BCUT2D eigenvalue weighted by molar-refractivity contribution is 0.0694. The lowest BCUT2D eigenvalue weighted by atomic mass is 10.2. The summed E-state index contributed by atoms with van der Waals surface area (Å²) in [5, 5.41) is 18.1. The van der Waals surface area contributed by atoms with Crippen molar-refractivity contribution < 1.29 is 14.6 Å². The molecule has 2 rings (SSSR count). The number of nitriles is 1. The molecule has 6 heteroatoms. The number of ether oxygens (including phenoxy) is 1. The third-order valence-corrected chi connectivity index (χ3v) is 2.94. The zero-order chi connectivity index (χ0) is 13.8. The van der Waals surface area contributed by atoms with Gasteiger partial charge >= 0.3 is 5.97 Å². The Balaban J connectivity index is 2.44. The lowest BCUT2D eigenvalue weighted by Crippen LogP contribution is -2.02. The minimum absolute atomic E-state index is 0.0291. The number of carbonyl (C=O) groups is 1. The Bertz CT molecular complexity index is 680. The monoisotopic (exact) mass is 366 g/mol. The fourth-order valence-electron chi connectivity index (χ4n) is 1.42. The average molecular weight is 366 g/mol. The highest BCUT2D eigenvalue weighted by Gasteiger charge is 2.14. The third-order valence-electron chi connectivity index (χ3n) is 2.27. The number of pyridine rings is 1. The van der Waals surface area contributed by atoms with E-state index in [0.29, 0.717) is 0 Å². The number of carboxylic acid groups (broad SMARTS) is 1. The van der Waals surface area contributed by atoms with Gasteiger partial charge in [-0.1, -0.05) is 0 Å². The first kappa shape index (κ1) is 13.3. The Labute approximate surface area is 122 Å². The number of aromatic carboxylic acids is 1. The van der Waals surface area contributed by atoms with E-state index < -0.39 is 5.97 Å². The van der Waals surface area contributed by atoms with Crippen molar-refractivity contribution in [2.24, 2.45) is 0 Å². The molecule has 0 aliphatic carbocycles. The summed E-state index contributed by atoms with van der Waals surface area (Å²) in [5.41, 5.74) is 0.277. The molecular weight excluding hydrogens is 359 g/mol. The van der Waals surface area contributed by atoms with Crippen LogP contribution in [0, 0.1) is 14.9 Å². The minimum Gasteiger partial charge on any atom is -0.478 e. The first-order valence-electron chi connectivity index (χ1n) is 5.17. The number of aromatic nitrogens is 1. The van der Waals surface area contributed by atoms with Crippen molar-refractivity contribution in [1.29, 1.82) is 5.26 Å². The molecule has 2 aromatic rings. The van der Waals surface area contributed by atoms with Crippen LogP contribution in [0.2, 0.25) is 0 Å². The minimum atomic E-state index is -1.09. The molecule has 1 heterocycles. The molecule has 0 fully saturated rings. The third kappa shape index (κ3) is 3.00. The van der Waals surface area contributed by atoms with Crippen molar-refractivity contribution in [1.82, 2.24) is 4.98 Å². The SMILES string of the molecule is N#Cc1cccnc1Oc1ccc(I)cc1C(=O)O. The second kappa shape index (κ2) is 5.67. The Morgan fingerprint density at radius 2 is 2.21 bits per heavy atom. The molecule has 0 atom stereocenters. The van der Waals surface area contributed by atoms with Crippen molar-refractivity contribution >= 4 is 28.6 Å². The van der Waals surface area contributed by atoms with Gasteiger partial charge in [0.25, 0.3) is 0 Å². The maximum absolute atomic E-state index is 11.1. The number of carboxylic acids is 1. The zero-order valence-electron chi connectivity index (χ0n) is 9.50. The first-order valence-corrected chi connectivity index (χ1v) is 6.25. The van der Waals surface area contributed by atoms with Gasteiger partial charge in [-0.2, -0.15) is 5.26 Å². The highest BCUT2D eigenvalue weighted by molar-refractivity contribution is 14.1. The number of hydrogen-bond donors (Lipinski definition) is 1. The van der Waals surface area contributed by atoms with Gasteiger partial charge in [0.1, 0.15) is 22.9 Å². The summed E-state index contributed by atoms with van der Waals surface area (Å²) in [6, 6.07) is 9.85. The molecule has 94 valence electrons. The van der Waals surface area contributed by atoms with Gasteiger partial charge in [0, 0.05) is 9.77 Å². The Kier molecular flexibility index (Phi) is 3.97. The molecule has 0 saturated carbocycles. The van der Waals surface area contributed by atoms with Crippen LogP contribution in [-0.2, 0) is 0 Å². The van der Waals surface area contributed by atoms with E-state index in [1.165, 1.54) is 12.3 Å². The molecule has 5 nitrogen and oxygen atoms in total. The highest BCUT2D eigenvalue weighted by Crippen LogP contribution is 2.27. The fourth-order valence-corrected chi connectivity index (χ4v) is 1.91. The van der Waals surface area contributed by atoms with E-state index in [9.17, 15) is 4.79 Å². The van der Waals surface area contributed by atoms with Crippen LogP contribution < -0.4 is 4.74 Å². The quantitative estimate of drug-likeness (QED) is 0.845. The maximum atomic E-state index is 11.1. The lowest BCUT2D eigenvalue weighted by Gasteiger charge is -2.09. The van der Waals surface area contributed by atoms with Crippen molar-refractivity contribution in [3.8, 4) is 17.7 Å². The first-order chi connectivity index (χ1) is 9.11. The highest BCUT2D eigenvalue weighted by atomic mass is 127. The number of hydrogen-bond acceptors (Lipinski definition) is 4. The van der Waals surface area contributed by atoms with Crippen LogP contribution in [0.15, 0.2) is 36.5 Å². The zero-order valence-corrected chi connectivity index (χ0v) is 11.7. The van der Waals surface area contributed by atoms with Crippen LogP contribution in [0.5, 0.6) is 11.6 Å². The molecule has 0 saturated heterocycles. The van der Waals surface area contributed by atoms with Crippen molar-refractivity contribution in [3.05, 3.63) is 51.2 Å². The predicted octanol–water partition coefficient (Wildman–Crippen LogP) is 3.05. The Hall–Kier alpha value is -2.14. The molecule has 0 radical (unpaired) electrons. The van der Waals surface area contributed by atoms with E-state index in [1.807, 2.05) is 28.7 Å². The molecule has 19 heavy (non-hydrogen) atoms. The van der Waals surface area contributed by atoms with E-state index in [0.717, 1.165) is 3.57 Å². The summed E-state index contributed by atoms with van der Waals surface area (Å²) in [5.74, 6) is -0.847. The van der Waals surface area contributed by atoms with E-state index >= 15 is 0 Å². The summed E-state index contributed by atoms with van der Waals surface area (Å²) in [6.45, 7) is 0. The summed E-state index contributed by atoms with van der Waals surface area (Å²) in [4.78, 5) is 15.1. The molecular formula is C13H7IN2O3. The molecule has 0 spiro atoms. The van der Waals surface area contributed by atoms with Crippen LogP contribution in [0.25, 0.3) is 0 Å². The topological polar surface area (TPSA) is 83.2 Å². The van der Waals surface area contributed by atoms with E-state index in [-0.39, 0.29) is 22.8 Å². The van der Waals surface area contributed by atoms with Gasteiger partial charge in [0.05, 0.1) is 0 Å². The number of nitrogens with zero attached hydrogens (tertiary/aromatic N) is 2. The largest absolute Gasteiger partial charge is 0.478 e. The predicted molar refractivity (Wildman–Crippen MR) is 75.1 cm³/mol. The van der Waals surface area contributed by atoms with Gasteiger partial charge in [-0.25, -0.2) is 9.78 Å². The molecule has 0 amide bonds. The standard InChI is InChI=1S/C13H7IN2O3/c14-9-3-4-11(10(6-9)13(17)18)19-12-8(7-15)2-1-5-16-12/h1-6H,(H,17,18). The average Bonchev–Trinajstić information content (AvgIpc) is 2.41. The van der Waals surface area contributed by atoms with Crippen molar-refractivity contribution in [2.45, 2.75) is 0 Å². The molecule has 1 aromatic heterocycles. The maximum Gasteiger partial charge on any atom is 0.339 e. The van der Waals surface area contributed by atoms with Gasteiger partial charge in [0.15, 0.2) is 0 Å². The van der Waals surface area contributed by atoms with Crippen molar-refractivity contribution in [2.75, 3.05) is 0 Å². The molecule has 0 unspecified atom stereocenters. The van der Waals surface area contributed by atoms with Crippen LogP contribution >= 0.6 is 22.6 Å². The van der Waals surface area contributed by atoms with E-state index in [4.69, 9.17) is 15.1 Å². The van der Waals surface area contributed by atoms with Crippen LogP contribution in [-0.4, -0.2) is 16.1 Å². The summed E-state index contributed by atoms with van der Waals surface area (Å²) in [7, 11) is 0. The van der Waals surface area contributed by atoms with Crippen LogP contribution in [0.3, 0.4) is 0 Å². The summed E-state index contributed by atoms with van der Waals surface area (Å²) < 4.78 is 6.21. The molecule has 0 aliphatic rings. The van der Waals surface area contributed by atoms with Gasteiger partial charge in [-0.3, -0.25) is 0 Å². The second-order valence-corrected chi connectivity index (χ2v) is 4.76. The van der Waals surface area contributed by atoms with Gasteiger partial charge < -0.3 is 9.84 Å². The van der Waals surface area contributed by atoms with Crippen molar-refractivity contribution in [3.63, 3.8) is 0 Å². The fraction of sp³-hybridized carbons (Fsp3) is 0. The number of benzene rings is 1. The number of halogens is 1. The smallest absolute Gasteiger partial charge is 0.339 e. The van der Waals surface area contributed by atoms with Crippen LogP contribution in [0.1, 0.15) is 15.9 Å². The van der Waals surface area contributed by atoms with Gasteiger partial charge in [-0.15, -0.1) is 0 Å². The molecule has 1 N–H and O–H groups in total. The van der Waals surface area contributed by atoms with Gasteiger partial charge in [0.2, 0.25) is 5.88 Å². The van der Waals surface area contributed by atoms with Crippen LogP contribution in [0.4, 0.5) is 0 Å². The number of rotatable bonds is 3. The van der Waals surface area contributed by atoms with Gasteiger partial charge in [-0.05, 0) is 52.9 Å². The molecule has 1 aromatic carbocycles. The normalized spacial score (nSPS) is 9.68. The van der Waals surface area contributed by atoms with E-state index in [1.54, 1.807) is 24.3 Å².